The summed E-state index contributed by atoms with van der Waals surface area (Å²) in [5, 5.41) is 14.8. The number of rotatable bonds is 3. The first kappa shape index (κ1) is 10.6. The zero-order valence-electron chi connectivity index (χ0n) is 6.88. The zero-order valence-corrected chi connectivity index (χ0v) is 11.0. The summed E-state index contributed by atoms with van der Waals surface area (Å²) in [5.74, 6) is 0. The SMILES string of the molecule is CSc1nnc(Sc2n[nH]c(=S)s2)s1. The highest BCUT2D eigenvalue weighted by Crippen LogP contribution is 2.33. The molecule has 2 heterocycles. The summed E-state index contributed by atoms with van der Waals surface area (Å²) < 4.78 is 3.42. The number of nitrogens with one attached hydrogen (secondary N) is 1. The molecule has 0 aliphatic heterocycles. The minimum Gasteiger partial charge on any atom is -0.257 e. The third-order valence-electron chi connectivity index (χ3n) is 1.16. The van der Waals surface area contributed by atoms with Gasteiger partial charge in [-0.05, 0) is 30.2 Å². The van der Waals surface area contributed by atoms with Crippen LogP contribution < -0.4 is 0 Å². The van der Waals surface area contributed by atoms with Crippen molar-refractivity contribution in [3.05, 3.63) is 3.95 Å². The Hall–Kier alpha value is 0.0400. The Kier molecular flexibility index (Phi) is 3.55. The molecule has 0 aliphatic rings. The lowest BCUT2D eigenvalue weighted by Crippen LogP contribution is -1.72. The summed E-state index contributed by atoms with van der Waals surface area (Å²) >= 11 is 11.0. The van der Waals surface area contributed by atoms with E-state index in [1.165, 1.54) is 23.1 Å². The Balaban J connectivity index is 2.14. The maximum absolute atomic E-state index is 4.93. The highest BCUT2D eigenvalue weighted by atomic mass is 32.2. The van der Waals surface area contributed by atoms with Gasteiger partial charge in [-0.25, -0.2) is 0 Å². The number of nitrogens with zero attached hydrogens (tertiary/aromatic N) is 3. The van der Waals surface area contributed by atoms with Crippen molar-refractivity contribution >= 4 is 58.4 Å². The van der Waals surface area contributed by atoms with E-state index in [9.17, 15) is 0 Å². The Morgan fingerprint density at radius 1 is 1.21 bits per heavy atom. The van der Waals surface area contributed by atoms with E-state index in [0.717, 1.165) is 13.0 Å². The second kappa shape index (κ2) is 4.71. The summed E-state index contributed by atoms with van der Waals surface area (Å²) in [4.78, 5) is 0. The molecule has 0 bridgehead atoms. The molecule has 0 saturated heterocycles. The molecule has 74 valence electrons. The molecule has 0 atom stereocenters. The standard InChI is InChI=1S/C5H4N4S5/c1-11-3-7-9-5(13-3)14-4-8-6-2(10)12-4/h1H3,(H,6,10). The summed E-state index contributed by atoms with van der Waals surface area (Å²) in [6.45, 7) is 0. The molecule has 2 rings (SSSR count). The lowest BCUT2D eigenvalue weighted by molar-refractivity contribution is 0.951. The number of H-pyrrole nitrogens is 1. The van der Waals surface area contributed by atoms with Crippen LogP contribution in [0.2, 0.25) is 0 Å². The van der Waals surface area contributed by atoms with E-state index in [0.29, 0.717) is 3.95 Å². The number of hydrogen-bond donors (Lipinski definition) is 1. The van der Waals surface area contributed by atoms with Crippen LogP contribution in [0.25, 0.3) is 0 Å². The van der Waals surface area contributed by atoms with E-state index in [2.05, 4.69) is 20.4 Å². The average Bonchev–Trinajstić information content (AvgIpc) is 2.76. The van der Waals surface area contributed by atoms with Gasteiger partial charge in [0, 0.05) is 0 Å². The van der Waals surface area contributed by atoms with Gasteiger partial charge in [-0.15, -0.1) is 10.2 Å². The number of aromatic nitrogens is 4. The van der Waals surface area contributed by atoms with E-state index >= 15 is 0 Å². The monoisotopic (exact) mass is 280 g/mol. The second-order valence-electron chi connectivity index (χ2n) is 2.02. The van der Waals surface area contributed by atoms with Crippen LogP contribution in [0.4, 0.5) is 0 Å². The molecule has 2 aromatic rings. The predicted octanol–water partition coefficient (Wildman–Crippen LogP) is 2.93. The third-order valence-corrected chi connectivity index (χ3v) is 5.26. The van der Waals surface area contributed by atoms with Gasteiger partial charge in [0.15, 0.2) is 17.0 Å². The van der Waals surface area contributed by atoms with Gasteiger partial charge in [0.25, 0.3) is 0 Å². The van der Waals surface area contributed by atoms with Crippen LogP contribution >= 0.6 is 58.4 Å². The summed E-state index contributed by atoms with van der Waals surface area (Å²) in [7, 11) is 0. The molecular weight excluding hydrogens is 276 g/mol. The molecule has 9 heteroatoms. The summed E-state index contributed by atoms with van der Waals surface area (Å²) in [6, 6.07) is 0. The number of hydrogen-bond acceptors (Lipinski definition) is 8. The average molecular weight is 280 g/mol. The molecule has 0 aliphatic carbocycles. The second-order valence-corrected chi connectivity index (χ2v) is 7.21. The summed E-state index contributed by atoms with van der Waals surface area (Å²) in [5.41, 5.74) is 0. The topological polar surface area (TPSA) is 54.5 Å². The first-order valence-electron chi connectivity index (χ1n) is 3.39. The van der Waals surface area contributed by atoms with E-state index in [1.54, 1.807) is 23.1 Å². The van der Waals surface area contributed by atoms with Gasteiger partial charge in [-0.1, -0.05) is 34.4 Å². The van der Waals surface area contributed by atoms with Crippen molar-refractivity contribution < 1.29 is 0 Å². The molecule has 0 spiro atoms. The fourth-order valence-corrected chi connectivity index (χ4v) is 4.38. The van der Waals surface area contributed by atoms with Gasteiger partial charge < -0.3 is 0 Å². The van der Waals surface area contributed by atoms with Gasteiger partial charge in [0.05, 0.1) is 0 Å². The van der Waals surface area contributed by atoms with E-state index < -0.39 is 0 Å². The molecule has 0 radical (unpaired) electrons. The van der Waals surface area contributed by atoms with Crippen LogP contribution in [0.3, 0.4) is 0 Å². The molecule has 2 aromatic heterocycles. The molecule has 0 unspecified atom stereocenters. The van der Waals surface area contributed by atoms with Crippen LogP contribution in [-0.4, -0.2) is 26.7 Å². The van der Waals surface area contributed by atoms with Crippen LogP contribution in [0.5, 0.6) is 0 Å². The zero-order chi connectivity index (χ0) is 9.97. The van der Waals surface area contributed by atoms with Gasteiger partial charge in [-0.3, -0.25) is 5.10 Å². The first-order chi connectivity index (χ1) is 6.78. The van der Waals surface area contributed by atoms with E-state index in [1.807, 2.05) is 6.26 Å². The third kappa shape index (κ3) is 2.54. The Labute approximate surface area is 102 Å². The van der Waals surface area contributed by atoms with E-state index in [4.69, 9.17) is 12.2 Å². The molecule has 0 amide bonds. The van der Waals surface area contributed by atoms with Crippen molar-refractivity contribution in [2.45, 2.75) is 13.0 Å². The van der Waals surface area contributed by atoms with Gasteiger partial charge in [-0.2, -0.15) is 5.10 Å². The first-order valence-corrected chi connectivity index (χ1v) is 7.47. The van der Waals surface area contributed by atoms with Crippen molar-refractivity contribution in [1.82, 2.24) is 20.4 Å². The lowest BCUT2D eigenvalue weighted by Gasteiger charge is -1.84. The van der Waals surface area contributed by atoms with E-state index in [-0.39, 0.29) is 0 Å². The Bertz CT molecular complexity index is 470. The maximum atomic E-state index is 4.93. The fourth-order valence-electron chi connectivity index (χ4n) is 0.655. The fraction of sp³-hybridized carbons (Fsp3) is 0.200. The number of aromatic amines is 1. The molecule has 0 fully saturated rings. The van der Waals surface area contributed by atoms with Gasteiger partial charge in [0.1, 0.15) is 0 Å². The minimum absolute atomic E-state index is 0.683. The van der Waals surface area contributed by atoms with Crippen molar-refractivity contribution in [2.24, 2.45) is 0 Å². The Morgan fingerprint density at radius 2 is 2.00 bits per heavy atom. The van der Waals surface area contributed by atoms with Crippen LogP contribution in [-0.2, 0) is 0 Å². The number of thioether (sulfide) groups is 1. The maximum Gasteiger partial charge on any atom is 0.182 e. The smallest absolute Gasteiger partial charge is 0.182 e. The molecule has 1 N–H and O–H groups in total. The molecular formula is C5H4N4S5. The van der Waals surface area contributed by atoms with Gasteiger partial charge in [0.2, 0.25) is 0 Å². The lowest BCUT2D eigenvalue weighted by atomic mass is 11.5. The largest absolute Gasteiger partial charge is 0.257 e. The quantitative estimate of drug-likeness (QED) is 0.689. The van der Waals surface area contributed by atoms with Crippen molar-refractivity contribution in [2.75, 3.05) is 6.26 Å². The molecule has 0 aromatic carbocycles. The van der Waals surface area contributed by atoms with Crippen molar-refractivity contribution in [3.63, 3.8) is 0 Å². The van der Waals surface area contributed by atoms with Gasteiger partial charge >= 0.3 is 0 Å². The minimum atomic E-state index is 0.683. The van der Waals surface area contributed by atoms with Crippen molar-refractivity contribution in [3.8, 4) is 0 Å². The van der Waals surface area contributed by atoms with Crippen molar-refractivity contribution in [1.29, 1.82) is 0 Å². The normalized spacial score (nSPS) is 10.6. The molecule has 4 nitrogen and oxygen atoms in total. The highest BCUT2D eigenvalue weighted by Gasteiger charge is 2.07. The summed E-state index contributed by atoms with van der Waals surface area (Å²) in [6.07, 6.45) is 1.98. The highest BCUT2D eigenvalue weighted by molar-refractivity contribution is 8.04. The predicted molar refractivity (Wildman–Crippen MR) is 63.1 cm³/mol. The molecule has 0 saturated carbocycles. The van der Waals surface area contributed by atoms with Crippen LogP contribution in [0, 0.1) is 3.95 Å². The molecule has 14 heavy (non-hydrogen) atoms. The van der Waals surface area contributed by atoms with Crippen LogP contribution in [0.15, 0.2) is 13.0 Å². The Morgan fingerprint density at radius 3 is 2.57 bits per heavy atom. The van der Waals surface area contributed by atoms with Crippen LogP contribution in [0.1, 0.15) is 0 Å².